The number of thiocarbonyl (C=S) groups is 1. The maximum atomic E-state index is 12.0. The minimum atomic E-state index is -0.0768. The molecule has 1 aromatic heterocycles. The maximum Gasteiger partial charge on any atom is 0.251 e. The van der Waals surface area contributed by atoms with E-state index in [1.165, 1.54) is 0 Å². The Hall–Kier alpha value is -4.35. The van der Waals surface area contributed by atoms with Gasteiger partial charge in [0.15, 0.2) is 11.6 Å². The summed E-state index contributed by atoms with van der Waals surface area (Å²) in [5.74, 6) is 0.140. The van der Waals surface area contributed by atoms with Gasteiger partial charge in [-0.25, -0.2) is 4.98 Å². The first kappa shape index (κ1) is 38.8. The quantitative estimate of drug-likeness (QED) is 0.0757. The molecule has 4 aromatic carbocycles. The van der Waals surface area contributed by atoms with Crippen molar-refractivity contribution in [3.63, 3.8) is 0 Å². The zero-order valence-electron chi connectivity index (χ0n) is 26.1. The molecule has 1 amide bonds. The standard InChI is InChI=1S/C17H14N2OS.C10H11NOS.C8H7BrO.C2H6O/c20-17(14-9-5-2-6-10-14)18-11-16-19-15(12-21-16)13-7-3-1-4-8-13;11-10(13)7-6-9(12)8-4-2-1-3-5-8;9-6-8(10)7-4-2-1-3-5-7;1-2-3/h1-10,12H,11H2,(H,18,20);1-5H,6-7H2,(H2,11,13);1-5H,6H2;3H,2H2,1H3. The fourth-order valence-electron chi connectivity index (χ4n) is 3.69. The fraction of sp³-hybridized carbons (Fsp3) is 0.162. The highest BCUT2D eigenvalue weighted by Crippen LogP contribution is 2.21. The van der Waals surface area contributed by atoms with Gasteiger partial charge in [0.25, 0.3) is 5.91 Å². The summed E-state index contributed by atoms with van der Waals surface area (Å²) in [5.41, 5.74) is 9.49. The van der Waals surface area contributed by atoms with Crippen molar-refractivity contribution in [2.24, 2.45) is 5.73 Å². The van der Waals surface area contributed by atoms with Gasteiger partial charge < -0.3 is 16.2 Å². The monoisotopic (exact) mass is 731 g/mol. The number of amides is 1. The van der Waals surface area contributed by atoms with Crippen LogP contribution >= 0.6 is 39.5 Å². The van der Waals surface area contributed by atoms with Gasteiger partial charge in [0.1, 0.15) is 5.01 Å². The summed E-state index contributed by atoms with van der Waals surface area (Å²) >= 11 is 9.35. The normalized spacial score (nSPS) is 9.60. The minimum Gasteiger partial charge on any atom is -0.397 e. The smallest absolute Gasteiger partial charge is 0.251 e. The predicted molar refractivity (Wildman–Crippen MR) is 199 cm³/mol. The molecule has 0 aliphatic rings. The van der Waals surface area contributed by atoms with Gasteiger partial charge in [-0.1, -0.05) is 137 Å². The van der Waals surface area contributed by atoms with Crippen molar-refractivity contribution in [1.29, 1.82) is 0 Å². The van der Waals surface area contributed by atoms with E-state index in [-0.39, 0.29) is 24.1 Å². The molecular weight excluding hydrogens is 694 g/mol. The first-order valence-corrected chi connectivity index (χ1v) is 17.1. The molecule has 0 radical (unpaired) electrons. The van der Waals surface area contributed by atoms with Crippen LogP contribution in [0.5, 0.6) is 0 Å². The van der Waals surface area contributed by atoms with Crippen LogP contribution in [-0.4, -0.2) is 44.5 Å². The van der Waals surface area contributed by atoms with Crippen LogP contribution in [0.25, 0.3) is 11.3 Å². The summed E-state index contributed by atoms with van der Waals surface area (Å²) in [6, 6.07) is 37.6. The van der Waals surface area contributed by atoms with Crippen LogP contribution in [0, 0.1) is 0 Å². The van der Waals surface area contributed by atoms with Crippen molar-refractivity contribution in [3.05, 3.63) is 148 Å². The third kappa shape index (κ3) is 15.7. The van der Waals surface area contributed by atoms with Crippen LogP contribution in [0.1, 0.15) is 55.8 Å². The summed E-state index contributed by atoms with van der Waals surface area (Å²) in [4.78, 5) is 39.3. The number of carbonyl (C=O) groups is 3. The zero-order valence-corrected chi connectivity index (χ0v) is 29.3. The second-order valence-electron chi connectivity index (χ2n) is 9.54. The van der Waals surface area contributed by atoms with Crippen molar-refractivity contribution in [1.82, 2.24) is 10.3 Å². The number of nitrogens with one attached hydrogen (secondary N) is 1. The Kier molecular flexibility index (Phi) is 19.0. The summed E-state index contributed by atoms with van der Waals surface area (Å²) in [6.45, 7) is 2.38. The Morgan fingerprint density at radius 1 is 0.766 bits per heavy atom. The number of carbonyl (C=O) groups excluding carboxylic acids is 3. The van der Waals surface area contributed by atoms with Crippen LogP contribution in [0.2, 0.25) is 0 Å². The molecule has 4 N–H and O–H groups in total. The summed E-state index contributed by atoms with van der Waals surface area (Å²) < 4.78 is 0. The molecule has 244 valence electrons. The van der Waals surface area contributed by atoms with Gasteiger partial charge >= 0.3 is 0 Å². The first-order valence-electron chi connectivity index (χ1n) is 14.7. The Morgan fingerprint density at radius 2 is 1.21 bits per heavy atom. The van der Waals surface area contributed by atoms with Crippen LogP contribution in [-0.2, 0) is 6.54 Å². The highest BCUT2D eigenvalue weighted by molar-refractivity contribution is 9.09. The topological polar surface area (TPSA) is 122 Å². The molecule has 0 aliphatic heterocycles. The van der Waals surface area contributed by atoms with E-state index in [9.17, 15) is 14.4 Å². The Bertz CT molecular complexity index is 1640. The lowest BCUT2D eigenvalue weighted by molar-refractivity contribution is 0.0948. The molecule has 0 aliphatic carbocycles. The molecule has 0 bridgehead atoms. The highest BCUT2D eigenvalue weighted by Gasteiger charge is 2.08. The second-order valence-corrected chi connectivity index (χ2v) is 11.6. The molecule has 0 spiro atoms. The molecule has 10 heteroatoms. The van der Waals surface area contributed by atoms with Crippen molar-refractivity contribution in [2.75, 3.05) is 11.9 Å². The van der Waals surface area contributed by atoms with E-state index in [4.69, 9.17) is 10.8 Å². The average molecular weight is 733 g/mol. The van der Waals surface area contributed by atoms with Gasteiger partial charge in [-0.3, -0.25) is 14.4 Å². The maximum absolute atomic E-state index is 12.0. The van der Waals surface area contributed by atoms with Crippen molar-refractivity contribution in [3.8, 4) is 11.3 Å². The number of ketones is 2. The molecule has 1 heterocycles. The lowest BCUT2D eigenvalue weighted by atomic mass is 10.1. The molecular formula is C37H38BrN3O4S2. The van der Waals surface area contributed by atoms with Crippen molar-refractivity contribution < 1.29 is 19.5 Å². The van der Waals surface area contributed by atoms with E-state index in [1.54, 1.807) is 42.5 Å². The van der Waals surface area contributed by atoms with E-state index in [0.29, 0.717) is 35.3 Å². The van der Waals surface area contributed by atoms with Gasteiger partial charge in [-0.2, -0.15) is 0 Å². The van der Waals surface area contributed by atoms with E-state index < -0.39 is 0 Å². The molecule has 47 heavy (non-hydrogen) atoms. The second kappa shape index (κ2) is 23.0. The number of aliphatic hydroxyl groups is 1. The number of nitrogens with two attached hydrogens (primary N) is 1. The summed E-state index contributed by atoms with van der Waals surface area (Å²) in [7, 11) is 0. The van der Waals surface area contributed by atoms with Crippen molar-refractivity contribution >= 4 is 61.9 Å². The number of hydrogen-bond donors (Lipinski definition) is 3. The van der Waals surface area contributed by atoms with Crippen molar-refractivity contribution in [2.45, 2.75) is 26.3 Å². The number of alkyl halides is 1. The molecule has 5 aromatic rings. The molecule has 0 atom stereocenters. The Labute approximate surface area is 294 Å². The van der Waals surface area contributed by atoms with Crippen LogP contribution in [0.3, 0.4) is 0 Å². The van der Waals surface area contributed by atoms with Gasteiger partial charge in [0.05, 0.1) is 22.6 Å². The van der Waals surface area contributed by atoms with E-state index in [0.717, 1.165) is 27.4 Å². The Morgan fingerprint density at radius 3 is 1.68 bits per heavy atom. The first-order chi connectivity index (χ1) is 22.8. The van der Waals surface area contributed by atoms with Crippen LogP contribution in [0.15, 0.2) is 127 Å². The number of benzene rings is 4. The molecule has 0 fully saturated rings. The third-order valence-electron chi connectivity index (χ3n) is 5.97. The van der Waals surface area contributed by atoms with E-state index in [1.807, 2.05) is 102 Å². The minimum absolute atomic E-state index is 0.0768. The number of thiazole rings is 1. The SMILES string of the molecule is CCO.NC(=S)CCC(=O)c1ccccc1.O=C(CBr)c1ccccc1.O=C(NCc1nc(-c2ccccc2)cs1)c1ccccc1. The van der Waals surface area contributed by atoms with Crippen LogP contribution in [0.4, 0.5) is 0 Å². The third-order valence-corrected chi connectivity index (χ3v) is 7.53. The number of aliphatic hydroxyl groups excluding tert-OH is 1. The van der Waals surface area contributed by atoms with Gasteiger partial charge in [0.2, 0.25) is 0 Å². The number of hydrogen-bond acceptors (Lipinski definition) is 7. The molecule has 0 saturated heterocycles. The lowest BCUT2D eigenvalue weighted by Crippen LogP contribution is -2.22. The lowest BCUT2D eigenvalue weighted by Gasteiger charge is -2.02. The van der Waals surface area contributed by atoms with Gasteiger partial charge in [0, 0.05) is 47.1 Å². The molecule has 7 nitrogen and oxygen atoms in total. The largest absolute Gasteiger partial charge is 0.397 e. The molecule has 5 rings (SSSR count). The van der Waals surface area contributed by atoms with Crippen LogP contribution < -0.4 is 11.1 Å². The summed E-state index contributed by atoms with van der Waals surface area (Å²) in [5, 5.41) is 13.8. The number of halogens is 1. The summed E-state index contributed by atoms with van der Waals surface area (Å²) in [6.07, 6.45) is 0.891. The predicted octanol–water partition coefficient (Wildman–Crippen LogP) is 7.94. The van der Waals surface area contributed by atoms with E-state index >= 15 is 0 Å². The fourth-order valence-corrected chi connectivity index (χ4v) is 4.86. The number of nitrogens with zero attached hydrogens (tertiary/aromatic N) is 1. The number of aromatic nitrogens is 1. The molecule has 0 saturated carbocycles. The highest BCUT2D eigenvalue weighted by atomic mass is 79.9. The molecule has 0 unspecified atom stereocenters. The zero-order chi connectivity index (χ0) is 34.3. The Balaban J connectivity index is 0.000000253. The average Bonchev–Trinajstić information content (AvgIpc) is 3.61. The number of rotatable bonds is 10. The van der Waals surface area contributed by atoms with Gasteiger partial charge in [-0.15, -0.1) is 11.3 Å². The van der Waals surface area contributed by atoms with E-state index in [2.05, 4.69) is 38.4 Å². The van der Waals surface area contributed by atoms with Gasteiger partial charge in [-0.05, 0) is 19.1 Å². The number of Topliss-reactive ketones (excluding diaryl/α,β-unsaturated/α-hetero) is 2.